The van der Waals surface area contributed by atoms with Gasteiger partial charge in [0, 0.05) is 9.61 Å². The second-order valence-electron chi connectivity index (χ2n) is 2.80. The average molecular weight is 261 g/mol. The van der Waals surface area contributed by atoms with E-state index in [1.165, 1.54) is 14.7 Å². The summed E-state index contributed by atoms with van der Waals surface area (Å²) in [5.74, 6) is 0. The normalized spacial score (nSPS) is 13.1. The summed E-state index contributed by atoms with van der Waals surface area (Å²) in [7, 11) is 0. The molecule has 0 aliphatic rings. The second-order valence-corrected chi connectivity index (χ2v) is 3.96. The van der Waals surface area contributed by atoms with Gasteiger partial charge in [-0.25, -0.2) is 0 Å². The average Bonchev–Trinajstić information content (AvgIpc) is 1.94. The summed E-state index contributed by atoms with van der Waals surface area (Å²) in [6, 6.07) is 6.48. The Morgan fingerprint density at radius 1 is 1.45 bits per heavy atom. The number of hydrogen-bond acceptors (Lipinski definition) is 1. The van der Waals surface area contributed by atoms with Gasteiger partial charge >= 0.3 is 0 Å². The van der Waals surface area contributed by atoms with E-state index in [4.69, 9.17) is 5.73 Å². The Morgan fingerprint density at radius 2 is 2.09 bits per heavy atom. The van der Waals surface area contributed by atoms with Crippen molar-refractivity contribution >= 4 is 22.6 Å². The van der Waals surface area contributed by atoms with Gasteiger partial charge < -0.3 is 5.73 Å². The number of rotatable bonds is 1. The Kier molecular flexibility index (Phi) is 2.90. The van der Waals surface area contributed by atoms with Crippen LogP contribution in [-0.2, 0) is 0 Å². The summed E-state index contributed by atoms with van der Waals surface area (Å²) in [4.78, 5) is 0. The third kappa shape index (κ3) is 2.17. The first-order chi connectivity index (χ1) is 5.11. The Labute approximate surface area is 81.1 Å². The molecule has 2 heteroatoms. The van der Waals surface area contributed by atoms with Crippen molar-refractivity contribution in [3.8, 4) is 0 Å². The highest BCUT2D eigenvalue weighted by Gasteiger charge is 2.00. The Hall–Kier alpha value is -0.0900. The van der Waals surface area contributed by atoms with E-state index >= 15 is 0 Å². The van der Waals surface area contributed by atoms with Crippen LogP contribution in [0, 0.1) is 10.5 Å². The maximum atomic E-state index is 5.73. The molecule has 11 heavy (non-hydrogen) atoms. The molecular formula is C9H12IN. The number of aryl methyl sites for hydroxylation is 1. The predicted molar refractivity (Wildman–Crippen MR) is 56.5 cm³/mol. The summed E-state index contributed by atoms with van der Waals surface area (Å²) < 4.78 is 1.29. The van der Waals surface area contributed by atoms with Crippen molar-refractivity contribution in [1.29, 1.82) is 0 Å². The number of halogens is 1. The van der Waals surface area contributed by atoms with Crippen molar-refractivity contribution in [2.24, 2.45) is 5.73 Å². The van der Waals surface area contributed by atoms with E-state index in [-0.39, 0.29) is 6.04 Å². The molecule has 0 radical (unpaired) electrons. The summed E-state index contributed by atoms with van der Waals surface area (Å²) in [5, 5.41) is 0. The van der Waals surface area contributed by atoms with Gasteiger partial charge in [0.2, 0.25) is 0 Å². The number of benzene rings is 1. The molecule has 1 nitrogen and oxygen atoms in total. The van der Waals surface area contributed by atoms with Gasteiger partial charge in [-0.1, -0.05) is 12.1 Å². The molecule has 60 valence electrons. The fourth-order valence-corrected chi connectivity index (χ4v) is 1.43. The monoisotopic (exact) mass is 261 g/mol. The molecule has 2 N–H and O–H groups in total. The first-order valence-corrected chi connectivity index (χ1v) is 4.71. The van der Waals surface area contributed by atoms with Gasteiger partial charge in [0.1, 0.15) is 0 Å². The molecule has 0 heterocycles. The van der Waals surface area contributed by atoms with Crippen LogP contribution in [0.3, 0.4) is 0 Å². The van der Waals surface area contributed by atoms with Crippen LogP contribution in [0.5, 0.6) is 0 Å². The minimum absolute atomic E-state index is 0.143. The van der Waals surface area contributed by atoms with Crippen molar-refractivity contribution in [2.75, 3.05) is 0 Å². The number of hydrogen-bond donors (Lipinski definition) is 1. The lowest BCUT2D eigenvalue weighted by Crippen LogP contribution is -2.05. The topological polar surface area (TPSA) is 26.0 Å². The highest BCUT2D eigenvalue weighted by atomic mass is 127. The predicted octanol–water partition coefficient (Wildman–Crippen LogP) is 2.62. The number of nitrogens with two attached hydrogens (primary N) is 1. The van der Waals surface area contributed by atoms with Crippen molar-refractivity contribution < 1.29 is 0 Å². The molecular weight excluding hydrogens is 249 g/mol. The maximum Gasteiger partial charge on any atom is 0.0266 e. The zero-order chi connectivity index (χ0) is 8.43. The van der Waals surface area contributed by atoms with E-state index in [1.54, 1.807) is 0 Å². The highest BCUT2D eigenvalue weighted by Crippen LogP contribution is 2.16. The molecule has 0 aromatic heterocycles. The van der Waals surface area contributed by atoms with Crippen LogP contribution in [0.4, 0.5) is 0 Å². The van der Waals surface area contributed by atoms with Gasteiger partial charge in [0.15, 0.2) is 0 Å². The Bertz CT molecular complexity index is 256. The fourth-order valence-electron chi connectivity index (χ4n) is 0.892. The zero-order valence-corrected chi connectivity index (χ0v) is 8.92. The fraction of sp³-hybridized carbons (Fsp3) is 0.333. The minimum Gasteiger partial charge on any atom is -0.324 e. The summed E-state index contributed by atoms with van der Waals surface area (Å²) in [6.45, 7) is 4.10. The lowest BCUT2D eigenvalue weighted by atomic mass is 10.1. The van der Waals surface area contributed by atoms with Crippen LogP contribution in [0.1, 0.15) is 24.1 Å². The van der Waals surface area contributed by atoms with Crippen molar-refractivity contribution in [1.82, 2.24) is 0 Å². The van der Waals surface area contributed by atoms with Gasteiger partial charge in [-0.3, -0.25) is 0 Å². The standard InChI is InChI=1S/C9H12IN/c1-6-3-4-8(7(2)11)5-9(6)10/h3-5,7H,11H2,1-2H3/t7-/m0/s1. The van der Waals surface area contributed by atoms with Crippen LogP contribution in [-0.4, -0.2) is 0 Å². The largest absolute Gasteiger partial charge is 0.324 e. The Balaban J connectivity index is 3.05. The highest BCUT2D eigenvalue weighted by molar-refractivity contribution is 14.1. The van der Waals surface area contributed by atoms with E-state index in [0.717, 1.165) is 0 Å². The summed E-state index contributed by atoms with van der Waals surface area (Å²) >= 11 is 2.33. The second kappa shape index (κ2) is 3.54. The lowest BCUT2D eigenvalue weighted by Gasteiger charge is -2.06. The van der Waals surface area contributed by atoms with E-state index in [1.807, 2.05) is 6.92 Å². The SMILES string of the molecule is Cc1ccc([C@H](C)N)cc1I. The summed E-state index contributed by atoms with van der Waals surface area (Å²) in [5.41, 5.74) is 8.25. The third-order valence-corrected chi connectivity index (χ3v) is 2.88. The molecule has 0 bridgehead atoms. The van der Waals surface area contributed by atoms with Crippen LogP contribution < -0.4 is 5.73 Å². The van der Waals surface area contributed by atoms with E-state index in [2.05, 4.69) is 47.7 Å². The lowest BCUT2D eigenvalue weighted by molar-refractivity contribution is 0.817. The van der Waals surface area contributed by atoms with Gasteiger partial charge in [0.25, 0.3) is 0 Å². The van der Waals surface area contributed by atoms with E-state index in [0.29, 0.717) is 0 Å². The maximum absolute atomic E-state index is 5.73. The van der Waals surface area contributed by atoms with Crippen LogP contribution in [0.15, 0.2) is 18.2 Å². The van der Waals surface area contributed by atoms with Crippen molar-refractivity contribution in [3.63, 3.8) is 0 Å². The zero-order valence-electron chi connectivity index (χ0n) is 6.76. The van der Waals surface area contributed by atoms with Gasteiger partial charge in [0.05, 0.1) is 0 Å². The molecule has 0 amide bonds. The van der Waals surface area contributed by atoms with Gasteiger partial charge in [-0.15, -0.1) is 0 Å². The van der Waals surface area contributed by atoms with E-state index in [9.17, 15) is 0 Å². The molecule has 0 saturated heterocycles. The van der Waals surface area contributed by atoms with E-state index < -0.39 is 0 Å². The molecule has 1 aromatic carbocycles. The van der Waals surface area contributed by atoms with Crippen LogP contribution in [0.2, 0.25) is 0 Å². The van der Waals surface area contributed by atoms with Crippen LogP contribution >= 0.6 is 22.6 Å². The smallest absolute Gasteiger partial charge is 0.0266 e. The molecule has 0 unspecified atom stereocenters. The molecule has 1 aromatic rings. The summed E-state index contributed by atoms with van der Waals surface area (Å²) in [6.07, 6.45) is 0. The molecule has 1 rings (SSSR count). The molecule has 0 aliphatic heterocycles. The van der Waals surface area contributed by atoms with Gasteiger partial charge in [-0.2, -0.15) is 0 Å². The van der Waals surface area contributed by atoms with Gasteiger partial charge in [-0.05, 0) is 53.6 Å². The molecule has 1 atom stereocenters. The first-order valence-electron chi connectivity index (χ1n) is 3.63. The van der Waals surface area contributed by atoms with Crippen molar-refractivity contribution in [3.05, 3.63) is 32.9 Å². The molecule has 0 spiro atoms. The molecule has 0 fully saturated rings. The molecule has 0 saturated carbocycles. The first kappa shape index (κ1) is 9.00. The van der Waals surface area contributed by atoms with Crippen molar-refractivity contribution in [2.45, 2.75) is 19.9 Å². The minimum atomic E-state index is 0.143. The Morgan fingerprint density at radius 3 is 2.55 bits per heavy atom. The third-order valence-electron chi connectivity index (χ3n) is 1.72. The quantitative estimate of drug-likeness (QED) is 0.772. The molecule has 0 aliphatic carbocycles. The van der Waals surface area contributed by atoms with Crippen LogP contribution in [0.25, 0.3) is 0 Å².